The lowest BCUT2D eigenvalue weighted by molar-refractivity contribution is 0.0596. The number of ether oxygens (including phenoxy) is 2. The van der Waals surface area contributed by atoms with Crippen molar-refractivity contribution in [3.8, 4) is 5.88 Å². The van der Waals surface area contributed by atoms with E-state index in [0.717, 1.165) is 7.11 Å². The number of sulfonamides is 1. The van der Waals surface area contributed by atoms with Crippen LogP contribution in [-0.2, 0) is 21.2 Å². The van der Waals surface area contributed by atoms with Crippen LogP contribution < -0.4 is 14.8 Å². The van der Waals surface area contributed by atoms with Gasteiger partial charge in [0.05, 0.1) is 19.8 Å². The van der Waals surface area contributed by atoms with Crippen molar-refractivity contribution in [3.05, 3.63) is 40.5 Å². The van der Waals surface area contributed by atoms with Crippen molar-refractivity contribution >= 4 is 39.6 Å². The van der Waals surface area contributed by atoms with Gasteiger partial charge in [-0.2, -0.15) is 4.98 Å². The normalized spacial score (nSPS) is 10.9. The molecule has 28 heavy (non-hydrogen) atoms. The Morgan fingerprint density at radius 1 is 1.21 bits per heavy atom. The number of esters is 1. The molecule has 0 unspecified atom stereocenters. The first-order valence-electron chi connectivity index (χ1n) is 7.84. The molecule has 2 rings (SSSR count). The third-order valence-corrected chi connectivity index (χ3v) is 5.15. The molecule has 0 aliphatic heterocycles. The Hall–Kier alpha value is -2.92. The molecule has 0 atom stereocenters. The SMILES string of the molecule is CCc1cccc(C(=O)OC)c1S(=O)(=O)NC(=O)Nc1nc(Cl)cc(OC)n1. The zero-order valence-corrected chi connectivity index (χ0v) is 16.7. The first-order valence-corrected chi connectivity index (χ1v) is 9.70. The maximum Gasteiger partial charge on any atom is 0.339 e. The first-order chi connectivity index (χ1) is 13.2. The first kappa shape index (κ1) is 21.4. The molecule has 0 aliphatic rings. The van der Waals surface area contributed by atoms with Gasteiger partial charge < -0.3 is 9.47 Å². The maximum absolute atomic E-state index is 12.8. The van der Waals surface area contributed by atoms with Gasteiger partial charge in [-0.15, -0.1) is 0 Å². The highest BCUT2D eigenvalue weighted by atomic mass is 35.5. The van der Waals surface area contributed by atoms with E-state index in [0.29, 0.717) is 12.0 Å². The van der Waals surface area contributed by atoms with Crippen LogP contribution in [-0.4, -0.2) is 44.6 Å². The molecule has 2 N–H and O–H groups in total. The second-order valence-corrected chi connectivity index (χ2v) is 7.26. The molecule has 12 heteroatoms. The smallest absolute Gasteiger partial charge is 0.339 e. The molecule has 0 radical (unpaired) electrons. The summed E-state index contributed by atoms with van der Waals surface area (Å²) in [5.41, 5.74) is 0.145. The largest absolute Gasteiger partial charge is 0.481 e. The van der Waals surface area contributed by atoms with Crippen LogP contribution in [0.5, 0.6) is 5.88 Å². The number of amides is 2. The van der Waals surface area contributed by atoms with Gasteiger partial charge in [-0.3, -0.25) is 5.32 Å². The molecule has 2 aromatic rings. The molecule has 2 amide bonds. The van der Waals surface area contributed by atoms with Crippen LogP contribution in [0.4, 0.5) is 10.7 Å². The monoisotopic (exact) mass is 428 g/mol. The van der Waals surface area contributed by atoms with Crippen molar-refractivity contribution in [3.63, 3.8) is 0 Å². The van der Waals surface area contributed by atoms with Gasteiger partial charge in [0.25, 0.3) is 10.0 Å². The summed E-state index contributed by atoms with van der Waals surface area (Å²) in [4.78, 5) is 31.4. The standard InChI is InChI=1S/C16H17ClN4O6S/c1-4-9-6-5-7-10(14(22)27-3)13(9)28(24,25)21-16(23)20-15-18-11(17)8-12(19-15)26-2/h5-8H,4H2,1-3H3,(H2,18,19,20,21,23). The van der Waals surface area contributed by atoms with Gasteiger partial charge in [-0.1, -0.05) is 30.7 Å². The Labute approximate surface area is 166 Å². The Morgan fingerprint density at radius 3 is 2.54 bits per heavy atom. The predicted octanol–water partition coefficient (Wildman–Crippen LogP) is 2.00. The molecule has 1 aromatic heterocycles. The third kappa shape index (κ3) is 4.87. The minimum absolute atomic E-state index is 0.0192. The highest BCUT2D eigenvalue weighted by molar-refractivity contribution is 7.90. The summed E-state index contributed by atoms with van der Waals surface area (Å²) in [7, 11) is -1.95. The number of hydrogen-bond donors (Lipinski definition) is 2. The van der Waals surface area contributed by atoms with Crippen molar-refractivity contribution in [2.24, 2.45) is 0 Å². The lowest BCUT2D eigenvalue weighted by Crippen LogP contribution is -2.36. The topological polar surface area (TPSA) is 137 Å². The molecule has 0 saturated carbocycles. The summed E-state index contributed by atoms with van der Waals surface area (Å²) in [6.07, 6.45) is 0.303. The summed E-state index contributed by atoms with van der Waals surface area (Å²) in [5.74, 6) is -1.05. The van der Waals surface area contributed by atoms with Crippen LogP contribution in [0.3, 0.4) is 0 Å². The van der Waals surface area contributed by atoms with E-state index in [4.69, 9.17) is 16.3 Å². The van der Waals surface area contributed by atoms with Gasteiger partial charge in [0.15, 0.2) is 0 Å². The van der Waals surface area contributed by atoms with Crippen molar-refractivity contribution in [2.75, 3.05) is 19.5 Å². The Balaban J connectivity index is 2.35. The Morgan fingerprint density at radius 2 is 1.93 bits per heavy atom. The molecule has 150 valence electrons. The van der Waals surface area contributed by atoms with Crippen molar-refractivity contribution in [2.45, 2.75) is 18.2 Å². The number of aryl methyl sites for hydroxylation is 1. The third-order valence-electron chi connectivity index (χ3n) is 3.48. The molecule has 0 spiro atoms. The molecule has 0 bridgehead atoms. The summed E-state index contributed by atoms with van der Waals surface area (Å²) >= 11 is 5.78. The molecular formula is C16H17ClN4O6S. The molecule has 1 aromatic carbocycles. The van der Waals surface area contributed by atoms with E-state index in [1.807, 2.05) is 4.72 Å². The number of hydrogen-bond acceptors (Lipinski definition) is 8. The molecular weight excluding hydrogens is 412 g/mol. The van der Waals surface area contributed by atoms with E-state index in [-0.39, 0.29) is 27.4 Å². The average molecular weight is 429 g/mol. The van der Waals surface area contributed by atoms with E-state index in [9.17, 15) is 18.0 Å². The van der Waals surface area contributed by atoms with Crippen LogP contribution in [0.1, 0.15) is 22.8 Å². The minimum atomic E-state index is -4.42. The number of carbonyl (C=O) groups is 2. The Bertz CT molecular complexity index is 1010. The number of nitrogens with one attached hydrogen (secondary N) is 2. The Kier molecular flexibility index (Phi) is 6.75. The number of carbonyl (C=O) groups excluding carboxylic acids is 2. The number of rotatable bonds is 6. The lowest BCUT2D eigenvalue weighted by Gasteiger charge is -2.14. The highest BCUT2D eigenvalue weighted by Gasteiger charge is 2.28. The summed E-state index contributed by atoms with van der Waals surface area (Å²) in [5, 5.41) is 2.13. The predicted molar refractivity (Wildman–Crippen MR) is 100 cm³/mol. The number of anilines is 1. The fourth-order valence-corrected chi connectivity index (χ4v) is 3.88. The van der Waals surface area contributed by atoms with Crippen molar-refractivity contribution in [1.29, 1.82) is 0 Å². The highest BCUT2D eigenvalue weighted by Crippen LogP contribution is 2.22. The molecule has 10 nitrogen and oxygen atoms in total. The molecule has 0 saturated heterocycles. The van der Waals surface area contributed by atoms with Crippen molar-refractivity contribution < 1.29 is 27.5 Å². The lowest BCUT2D eigenvalue weighted by atomic mass is 10.1. The number of nitrogens with zero attached hydrogens (tertiary/aromatic N) is 2. The quantitative estimate of drug-likeness (QED) is 0.526. The van der Waals surface area contributed by atoms with E-state index in [2.05, 4.69) is 20.0 Å². The maximum atomic E-state index is 12.8. The van der Waals surface area contributed by atoms with Crippen LogP contribution in [0.15, 0.2) is 29.2 Å². The number of benzene rings is 1. The number of methoxy groups -OCH3 is 2. The van der Waals surface area contributed by atoms with E-state index in [1.165, 1.54) is 31.4 Å². The van der Waals surface area contributed by atoms with Crippen LogP contribution in [0, 0.1) is 0 Å². The average Bonchev–Trinajstić information content (AvgIpc) is 2.65. The van der Waals surface area contributed by atoms with Gasteiger partial charge in [0.2, 0.25) is 11.8 Å². The van der Waals surface area contributed by atoms with Gasteiger partial charge >= 0.3 is 12.0 Å². The summed E-state index contributed by atoms with van der Waals surface area (Å²) in [6, 6.07) is 4.51. The molecule has 0 fully saturated rings. The van der Waals surface area contributed by atoms with Gasteiger partial charge in [0.1, 0.15) is 10.0 Å². The zero-order valence-electron chi connectivity index (χ0n) is 15.1. The van der Waals surface area contributed by atoms with E-state index >= 15 is 0 Å². The zero-order chi connectivity index (χ0) is 20.9. The number of aromatic nitrogens is 2. The van der Waals surface area contributed by atoms with Gasteiger partial charge in [0, 0.05) is 6.07 Å². The molecule has 1 heterocycles. The van der Waals surface area contributed by atoms with E-state index in [1.54, 1.807) is 6.92 Å². The number of urea groups is 1. The second-order valence-electron chi connectivity index (χ2n) is 5.26. The van der Waals surface area contributed by atoms with E-state index < -0.39 is 22.0 Å². The summed E-state index contributed by atoms with van der Waals surface area (Å²) < 4.78 is 36.9. The minimum Gasteiger partial charge on any atom is -0.481 e. The van der Waals surface area contributed by atoms with Crippen LogP contribution in [0.25, 0.3) is 0 Å². The summed E-state index contributed by atoms with van der Waals surface area (Å²) in [6.45, 7) is 1.71. The fraction of sp³-hybridized carbons (Fsp3) is 0.250. The number of halogens is 1. The van der Waals surface area contributed by atoms with Gasteiger partial charge in [-0.25, -0.2) is 27.7 Å². The fourth-order valence-electron chi connectivity index (χ4n) is 2.31. The van der Waals surface area contributed by atoms with Crippen LogP contribution >= 0.6 is 11.6 Å². The molecule has 0 aliphatic carbocycles. The van der Waals surface area contributed by atoms with Gasteiger partial charge in [-0.05, 0) is 18.1 Å². The second kappa shape index (κ2) is 8.85. The van der Waals surface area contributed by atoms with Crippen LogP contribution in [0.2, 0.25) is 5.15 Å². The van der Waals surface area contributed by atoms with Crippen molar-refractivity contribution in [1.82, 2.24) is 14.7 Å².